The molecule has 0 amide bonds. The molecule has 0 saturated carbocycles. The van der Waals surface area contributed by atoms with Crippen LogP contribution in [-0.2, 0) is 6.42 Å². The second kappa shape index (κ2) is 4.42. The molecular weight excluding hydrogens is 256 g/mol. The average Bonchev–Trinajstić information content (AvgIpc) is 2.73. The van der Waals surface area contributed by atoms with Gasteiger partial charge in [-0.25, -0.2) is 0 Å². The Morgan fingerprint density at radius 3 is 2.30 bits per heavy atom. The molecule has 100 valence electrons. The molecule has 0 aliphatic heterocycles. The second-order valence-electron chi connectivity index (χ2n) is 4.74. The van der Waals surface area contributed by atoms with E-state index in [2.05, 4.69) is 0 Å². The van der Waals surface area contributed by atoms with E-state index in [0.29, 0.717) is 23.1 Å². The number of carbonyl (C=O) groups excluding carboxylic acids is 1. The summed E-state index contributed by atoms with van der Waals surface area (Å²) in [6.07, 6.45) is 2.14. The zero-order valence-corrected chi connectivity index (χ0v) is 10.5. The third-order valence-corrected chi connectivity index (χ3v) is 3.37. The molecule has 0 bridgehead atoms. The van der Waals surface area contributed by atoms with Crippen LogP contribution in [0.3, 0.4) is 0 Å². The number of Topliss-reactive ketones (excluding diaryl/α,β-unsaturated/α-hetero) is 1. The number of allylic oxidation sites excluding steroid dienone is 1. The Bertz CT molecular complexity index is 721. The number of carbonyl (C=O) groups is 1. The third kappa shape index (κ3) is 1.91. The molecule has 3 N–H and O–H groups in total. The van der Waals surface area contributed by atoms with Crippen LogP contribution < -0.4 is 0 Å². The summed E-state index contributed by atoms with van der Waals surface area (Å²) in [7, 11) is 0. The lowest BCUT2D eigenvalue weighted by atomic mass is 10.1. The van der Waals surface area contributed by atoms with Gasteiger partial charge in [-0.1, -0.05) is 24.3 Å². The Kier molecular flexibility index (Phi) is 2.71. The molecule has 2 aromatic rings. The topological polar surface area (TPSA) is 77.8 Å². The Hall–Kier alpha value is -2.75. The van der Waals surface area contributed by atoms with Crippen LogP contribution in [0.2, 0.25) is 0 Å². The Labute approximate surface area is 115 Å². The standard InChI is InChI=1S/C16H12O4/c17-13-6-9(7-14(18)16(13)20)5-11-8-10-3-1-2-4-12(10)15(11)19/h1-7,17-18,20H,8H2/b11-5+. The zero-order valence-electron chi connectivity index (χ0n) is 10.5. The van der Waals surface area contributed by atoms with Crippen molar-refractivity contribution in [3.05, 3.63) is 58.7 Å². The molecule has 1 aliphatic carbocycles. The second-order valence-corrected chi connectivity index (χ2v) is 4.74. The van der Waals surface area contributed by atoms with Crippen LogP contribution in [0.5, 0.6) is 17.2 Å². The van der Waals surface area contributed by atoms with E-state index >= 15 is 0 Å². The summed E-state index contributed by atoms with van der Waals surface area (Å²) in [5.41, 5.74) is 2.71. The van der Waals surface area contributed by atoms with E-state index in [9.17, 15) is 20.1 Å². The Morgan fingerprint density at radius 1 is 1.00 bits per heavy atom. The van der Waals surface area contributed by atoms with Gasteiger partial charge >= 0.3 is 0 Å². The van der Waals surface area contributed by atoms with Crippen molar-refractivity contribution in [1.82, 2.24) is 0 Å². The summed E-state index contributed by atoms with van der Waals surface area (Å²) in [6.45, 7) is 0. The number of hydrogen-bond acceptors (Lipinski definition) is 4. The first-order valence-electron chi connectivity index (χ1n) is 6.14. The van der Waals surface area contributed by atoms with Crippen molar-refractivity contribution in [2.75, 3.05) is 0 Å². The molecule has 0 radical (unpaired) electrons. The number of phenolic OH excluding ortho intramolecular Hbond substituents is 3. The highest BCUT2D eigenvalue weighted by atomic mass is 16.3. The van der Waals surface area contributed by atoms with Crippen molar-refractivity contribution >= 4 is 11.9 Å². The van der Waals surface area contributed by atoms with Gasteiger partial charge in [-0.2, -0.15) is 0 Å². The van der Waals surface area contributed by atoms with Crippen LogP contribution >= 0.6 is 0 Å². The average molecular weight is 268 g/mol. The summed E-state index contributed by atoms with van der Waals surface area (Å²) in [5, 5.41) is 28.2. The van der Waals surface area contributed by atoms with Crippen LogP contribution in [0, 0.1) is 0 Å². The summed E-state index contributed by atoms with van der Waals surface area (Å²) in [5.74, 6) is -1.44. The van der Waals surface area contributed by atoms with Crippen molar-refractivity contribution in [1.29, 1.82) is 0 Å². The number of ketones is 1. The molecule has 0 saturated heterocycles. The minimum absolute atomic E-state index is 0.0485. The summed E-state index contributed by atoms with van der Waals surface area (Å²) in [6, 6.07) is 9.99. The van der Waals surface area contributed by atoms with E-state index in [1.54, 1.807) is 12.1 Å². The fraction of sp³-hybridized carbons (Fsp3) is 0.0625. The molecule has 4 heteroatoms. The van der Waals surface area contributed by atoms with Gasteiger partial charge in [0.2, 0.25) is 0 Å². The minimum atomic E-state index is -0.562. The van der Waals surface area contributed by atoms with E-state index in [-0.39, 0.29) is 5.78 Å². The number of rotatable bonds is 1. The van der Waals surface area contributed by atoms with E-state index in [4.69, 9.17) is 0 Å². The fourth-order valence-electron chi connectivity index (χ4n) is 2.38. The molecular formula is C16H12O4. The predicted molar refractivity (Wildman–Crippen MR) is 73.9 cm³/mol. The Balaban J connectivity index is 2.02. The number of fused-ring (bicyclic) bond motifs is 1. The largest absolute Gasteiger partial charge is 0.504 e. The third-order valence-electron chi connectivity index (χ3n) is 3.37. The molecule has 4 nitrogen and oxygen atoms in total. The van der Waals surface area contributed by atoms with Crippen molar-refractivity contribution < 1.29 is 20.1 Å². The van der Waals surface area contributed by atoms with Crippen LogP contribution in [0.4, 0.5) is 0 Å². The van der Waals surface area contributed by atoms with Gasteiger partial charge < -0.3 is 15.3 Å². The first-order chi connectivity index (χ1) is 9.56. The van der Waals surface area contributed by atoms with Crippen LogP contribution in [0.15, 0.2) is 42.0 Å². The molecule has 0 heterocycles. The monoisotopic (exact) mass is 268 g/mol. The molecule has 20 heavy (non-hydrogen) atoms. The van der Waals surface area contributed by atoms with Crippen molar-refractivity contribution in [3.63, 3.8) is 0 Å². The number of benzene rings is 2. The first kappa shape index (κ1) is 12.3. The molecule has 0 atom stereocenters. The fourth-order valence-corrected chi connectivity index (χ4v) is 2.38. The zero-order chi connectivity index (χ0) is 14.3. The number of aromatic hydroxyl groups is 3. The summed E-state index contributed by atoms with van der Waals surface area (Å²) >= 11 is 0. The predicted octanol–water partition coefficient (Wildman–Crippen LogP) is 2.63. The normalized spacial score (nSPS) is 15.6. The van der Waals surface area contributed by atoms with Crippen LogP contribution in [0.1, 0.15) is 21.5 Å². The van der Waals surface area contributed by atoms with Crippen molar-refractivity contribution in [2.24, 2.45) is 0 Å². The molecule has 1 aliphatic rings. The van der Waals surface area contributed by atoms with Crippen LogP contribution in [-0.4, -0.2) is 21.1 Å². The molecule has 0 spiro atoms. The van der Waals surface area contributed by atoms with E-state index < -0.39 is 17.2 Å². The molecule has 0 fully saturated rings. The molecule has 3 rings (SSSR count). The molecule has 2 aromatic carbocycles. The first-order valence-corrected chi connectivity index (χ1v) is 6.14. The Morgan fingerprint density at radius 2 is 1.65 bits per heavy atom. The SMILES string of the molecule is O=C1/C(=C/c2cc(O)c(O)c(O)c2)Cc2ccccc21. The molecule has 0 unspecified atom stereocenters. The maximum atomic E-state index is 12.2. The highest BCUT2D eigenvalue weighted by Gasteiger charge is 2.24. The maximum absolute atomic E-state index is 12.2. The van der Waals surface area contributed by atoms with Gasteiger partial charge in [0.05, 0.1) is 0 Å². The van der Waals surface area contributed by atoms with Gasteiger partial charge in [-0.05, 0) is 29.3 Å². The summed E-state index contributed by atoms with van der Waals surface area (Å²) in [4.78, 5) is 12.2. The lowest BCUT2D eigenvalue weighted by Crippen LogP contribution is -1.94. The van der Waals surface area contributed by atoms with Gasteiger partial charge in [0.1, 0.15) is 0 Å². The number of phenols is 3. The smallest absolute Gasteiger partial charge is 0.200 e. The number of hydrogen-bond donors (Lipinski definition) is 3. The lowest BCUT2D eigenvalue weighted by molar-refractivity contribution is 0.104. The van der Waals surface area contributed by atoms with Crippen molar-refractivity contribution in [3.8, 4) is 17.2 Å². The highest BCUT2D eigenvalue weighted by Crippen LogP contribution is 2.37. The van der Waals surface area contributed by atoms with Gasteiger partial charge in [0.25, 0.3) is 0 Å². The lowest BCUT2D eigenvalue weighted by Gasteiger charge is -2.03. The maximum Gasteiger partial charge on any atom is 0.200 e. The van der Waals surface area contributed by atoms with Gasteiger partial charge in [-0.3, -0.25) is 4.79 Å². The molecule has 0 aromatic heterocycles. The van der Waals surface area contributed by atoms with Gasteiger partial charge in [-0.15, -0.1) is 0 Å². The van der Waals surface area contributed by atoms with Crippen molar-refractivity contribution in [2.45, 2.75) is 6.42 Å². The minimum Gasteiger partial charge on any atom is -0.504 e. The quantitative estimate of drug-likeness (QED) is 0.549. The van der Waals surface area contributed by atoms with Gasteiger partial charge in [0.15, 0.2) is 23.0 Å². The highest BCUT2D eigenvalue weighted by molar-refractivity contribution is 6.15. The van der Waals surface area contributed by atoms with Crippen LogP contribution in [0.25, 0.3) is 6.08 Å². The van der Waals surface area contributed by atoms with E-state index in [1.165, 1.54) is 12.1 Å². The summed E-state index contributed by atoms with van der Waals surface area (Å²) < 4.78 is 0. The van der Waals surface area contributed by atoms with E-state index in [0.717, 1.165) is 5.56 Å². The van der Waals surface area contributed by atoms with E-state index in [1.807, 2.05) is 18.2 Å². The van der Waals surface area contributed by atoms with Gasteiger partial charge in [0, 0.05) is 17.6 Å².